The van der Waals surface area contributed by atoms with Crippen LogP contribution < -0.4 is 10.3 Å². The van der Waals surface area contributed by atoms with Crippen LogP contribution in [-0.4, -0.2) is 22.9 Å². The minimum Gasteiger partial charge on any atom is -0.494 e. The van der Waals surface area contributed by atoms with E-state index in [0.29, 0.717) is 45.9 Å². The number of benzene rings is 1. The number of pyridine rings is 1. The van der Waals surface area contributed by atoms with Gasteiger partial charge in [0.05, 0.1) is 24.6 Å². The Morgan fingerprint density at radius 1 is 1.19 bits per heavy atom. The van der Waals surface area contributed by atoms with Crippen molar-refractivity contribution in [3.63, 3.8) is 0 Å². The zero-order valence-corrected chi connectivity index (χ0v) is 17.3. The van der Waals surface area contributed by atoms with Gasteiger partial charge >= 0.3 is 0 Å². The molecule has 6 nitrogen and oxygen atoms in total. The molecule has 1 aliphatic rings. The van der Waals surface area contributed by atoms with Crippen LogP contribution in [0, 0.1) is 5.82 Å². The summed E-state index contributed by atoms with van der Waals surface area (Å²) < 4.78 is 24.4. The van der Waals surface area contributed by atoms with Crippen molar-refractivity contribution in [2.45, 2.75) is 18.8 Å². The van der Waals surface area contributed by atoms with Gasteiger partial charge in [0.15, 0.2) is 17.3 Å². The van der Waals surface area contributed by atoms with Gasteiger partial charge in [0.2, 0.25) is 0 Å². The van der Waals surface area contributed by atoms with Crippen molar-refractivity contribution in [1.29, 1.82) is 0 Å². The third-order valence-electron chi connectivity index (χ3n) is 5.43. The monoisotopic (exact) mass is 436 g/mol. The summed E-state index contributed by atoms with van der Waals surface area (Å²) in [5.41, 5.74) is 2.25. The van der Waals surface area contributed by atoms with E-state index in [2.05, 4.69) is 9.97 Å². The van der Waals surface area contributed by atoms with Crippen LogP contribution in [0.2, 0.25) is 0 Å². The molecule has 3 heterocycles. The molecule has 0 amide bonds. The first kappa shape index (κ1) is 19.4. The molecule has 3 aromatic heterocycles. The molecule has 0 aliphatic heterocycles. The van der Waals surface area contributed by atoms with Crippen LogP contribution in [0.5, 0.6) is 5.75 Å². The Kier molecular flexibility index (Phi) is 4.78. The smallest absolute Gasteiger partial charge is 0.258 e. The largest absolute Gasteiger partial charge is 0.494 e. The quantitative estimate of drug-likeness (QED) is 0.496. The summed E-state index contributed by atoms with van der Waals surface area (Å²) in [6.07, 6.45) is 2.43. The molecular weight excluding hydrogens is 419 g/mol. The number of rotatable bonds is 4. The lowest BCUT2D eigenvalue weighted by atomic mass is 9.84. The average molecular weight is 436 g/mol. The maximum Gasteiger partial charge on any atom is 0.258 e. The zero-order valence-electron chi connectivity index (χ0n) is 16.5. The fourth-order valence-corrected chi connectivity index (χ4v) is 4.71. The maximum atomic E-state index is 14.0. The summed E-state index contributed by atoms with van der Waals surface area (Å²) >= 11 is 1.27. The Hall–Kier alpha value is -3.52. The summed E-state index contributed by atoms with van der Waals surface area (Å²) in [6, 6.07) is 9.82. The summed E-state index contributed by atoms with van der Waals surface area (Å²) in [4.78, 5) is 32.9. The van der Waals surface area contributed by atoms with Gasteiger partial charge in [-0.05, 0) is 42.8 Å². The average Bonchev–Trinajstić information content (AvgIpc) is 3.46. The van der Waals surface area contributed by atoms with E-state index in [0.717, 1.165) is 5.76 Å². The van der Waals surface area contributed by atoms with Gasteiger partial charge < -0.3 is 14.1 Å². The Morgan fingerprint density at radius 2 is 2.06 bits per heavy atom. The number of hydrogen-bond acceptors (Lipinski definition) is 6. The molecule has 0 fully saturated rings. The molecule has 8 heteroatoms. The molecule has 5 rings (SSSR count). The Morgan fingerprint density at radius 3 is 2.81 bits per heavy atom. The first-order valence-electron chi connectivity index (χ1n) is 9.66. The highest BCUT2D eigenvalue weighted by molar-refractivity contribution is 7.13. The summed E-state index contributed by atoms with van der Waals surface area (Å²) in [6.45, 7) is 0. The molecule has 31 heavy (non-hydrogen) atoms. The van der Waals surface area contributed by atoms with Gasteiger partial charge in [0.25, 0.3) is 5.56 Å². The summed E-state index contributed by atoms with van der Waals surface area (Å²) in [5, 5.41) is 2.22. The number of carbonyl (C=O) groups is 1. The van der Waals surface area contributed by atoms with E-state index >= 15 is 0 Å². The highest BCUT2D eigenvalue weighted by Gasteiger charge is 2.29. The third-order valence-corrected chi connectivity index (χ3v) is 6.31. The third kappa shape index (κ3) is 3.48. The van der Waals surface area contributed by atoms with Crippen LogP contribution in [0.15, 0.2) is 57.3 Å². The molecular formula is C23H17FN2O4S. The number of ketones is 1. The number of thiazole rings is 1. The van der Waals surface area contributed by atoms with Crippen LogP contribution in [0.4, 0.5) is 4.39 Å². The van der Waals surface area contributed by atoms with Crippen LogP contribution in [0.1, 0.15) is 34.2 Å². The summed E-state index contributed by atoms with van der Waals surface area (Å²) in [7, 11) is 1.40. The second-order valence-electron chi connectivity index (χ2n) is 7.34. The number of Topliss-reactive ketones (excluding diaryl/α,β-unsaturated/α-hetero) is 1. The second-order valence-corrected chi connectivity index (χ2v) is 8.19. The Bertz CT molecular complexity index is 1340. The molecule has 0 saturated heterocycles. The van der Waals surface area contributed by atoms with Gasteiger partial charge in [-0.2, -0.15) is 0 Å². The fraction of sp³-hybridized carbons (Fsp3) is 0.174. The van der Waals surface area contributed by atoms with Crippen LogP contribution in [0.3, 0.4) is 0 Å². The standard InChI is InChI=1S/C23H17FN2O4S/c1-29-21-5-4-12(7-16(21)24)18-11-31-23(26-18)15-10-14-17(25-22(15)28)8-13(9-19(14)27)20-3-2-6-30-20/h2-7,10-11,13H,8-9H2,1H3,(H,25,28). The molecule has 156 valence electrons. The highest BCUT2D eigenvalue weighted by atomic mass is 32.1. The predicted octanol–water partition coefficient (Wildman–Crippen LogP) is 4.82. The normalized spacial score (nSPS) is 15.7. The van der Waals surface area contributed by atoms with Crippen LogP contribution in [0.25, 0.3) is 21.8 Å². The second kappa shape index (κ2) is 7.63. The molecule has 0 spiro atoms. The fourth-order valence-electron chi connectivity index (χ4n) is 3.87. The van der Waals surface area contributed by atoms with E-state index in [9.17, 15) is 14.0 Å². The number of hydrogen-bond donors (Lipinski definition) is 1. The van der Waals surface area contributed by atoms with Gasteiger partial charge in [-0.15, -0.1) is 11.3 Å². The predicted molar refractivity (Wildman–Crippen MR) is 114 cm³/mol. The van der Waals surface area contributed by atoms with Gasteiger partial charge in [-0.1, -0.05) is 0 Å². The van der Waals surface area contributed by atoms with Gasteiger partial charge in [0, 0.05) is 34.5 Å². The number of halogens is 1. The van der Waals surface area contributed by atoms with Crippen molar-refractivity contribution in [2.24, 2.45) is 0 Å². The van der Waals surface area contributed by atoms with Crippen molar-refractivity contribution in [2.75, 3.05) is 7.11 Å². The van der Waals surface area contributed by atoms with E-state index in [1.165, 1.54) is 30.6 Å². The van der Waals surface area contributed by atoms with E-state index in [-0.39, 0.29) is 23.0 Å². The lowest BCUT2D eigenvalue weighted by molar-refractivity contribution is 0.0959. The Labute approximate surface area is 180 Å². The Balaban J connectivity index is 1.49. The number of ether oxygens (including phenoxy) is 1. The van der Waals surface area contributed by atoms with Crippen molar-refractivity contribution in [3.8, 4) is 27.6 Å². The first-order chi connectivity index (χ1) is 15.0. The lowest BCUT2D eigenvalue weighted by Gasteiger charge is -2.22. The van der Waals surface area contributed by atoms with Gasteiger partial charge in [0.1, 0.15) is 10.8 Å². The number of aromatic amines is 1. The number of nitrogens with one attached hydrogen (secondary N) is 1. The molecule has 1 aliphatic carbocycles. The van der Waals surface area contributed by atoms with Crippen molar-refractivity contribution >= 4 is 17.1 Å². The van der Waals surface area contributed by atoms with Crippen molar-refractivity contribution in [1.82, 2.24) is 9.97 Å². The topological polar surface area (TPSA) is 85.2 Å². The number of fused-ring (bicyclic) bond motifs is 1. The van der Waals surface area contributed by atoms with E-state index < -0.39 is 5.82 Å². The molecule has 0 saturated carbocycles. The molecule has 4 aromatic rings. The van der Waals surface area contributed by atoms with Gasteiger partial charge in [-0.25, -0.2) is 9.37 Å². The molecule has 0 bridgehead atoms. The zero-order chi connectivity index (χ0) is 21.5. The first-order valence-corrected chi connectivity index (χ1v) is 10.5. The minimum absolute atomic E-state index is 0.0471. The number of methoxy groups -OCH3 is 1. The number of carbonyl (C=O) groups excluding carboxylic acids is 1. The number of nitrogens with zero attached hydrogens (tertiary/aromatic N) is 1. The maximum absolute atomic E-state index is 14.0. The minimum atomic E-state index is -0.488. The van der Waals surface area contributed by atoms with E-state index in [1.54, 1.807) is 29.8 Å². The van der Waals surface area contributed by atoms with Crippen molar-refractivity contribution < 1.29 is 18.3 Å². The lowest BCUT2D eigenvalue weighted by Crippen LogP contribution is -2.24. The summed E-state index contributed by atoms with van der Waals surface area (Å²) in [5.74, 6) is 0.261. The number of furan rings is 1. The van der Waals surface area contributed by atoms with Crippen LogP contribution in [-0.2, 0) is 6.42 Å². The molecule has 1 aromatic carbocycles. The molecule has 1 atom stereocenters. The highest BCUT2D eigenvalue weighted by Crippen LogP contribution is 2.34. The molecule has 1 unspecified atom stereocenters. The SMILES string of the molecule is COc1ccc(-c2csc(-c3cc4c([nH]c3=O)CC(c3ccco3)CC4=O)n2)cc1F. The molecule has 0 radical (unpaired) electrons. The number of aromatic nitrogens is 2. The van der Waals surface area contributed by atoms with E-state index in [4.69, 9.17) is 9.15 Å². The van der Waals surface area contributed by atoms with Gasteiger partial charge in [-0.3, -0.25) is 9.59 Å². The number of H-pyrrole nitrogens is 1. The van der Waals surface area contributed by atoms with Crippen molar-refractivity contribution in [3.05, 3.63) is 81.2 Å². The molecule has 1 N–H and O–H groups in total. The van der Waals surface area contributed by atoms with E-state index in [1.807, 2.05) is 6.07 Å². The van der Waals surface area contributed by atoms with Crippen LogP contribution >= 0.6 is 11.3 Å².